The molecule has 0 radical (unpaired) electrons. The number of hydrogen-bond acceptors (Lipinski definition) is 4. The topological polar surface area (TPSA) is 104 Å². The molecule has 0 amide bonds. The minimum Gasteiger partial charge on any atom is -0.382 e. The van der Waals surface area contributed by atoms with Crippen molar-refractivity contribution in [3.8, 4) is 11.8 Å². The van der Waals surface area contributed by atoms with E-state index in [-0.39, 0.29) is 0 Å². The first kappa shape index (κ1) is 21.9. The summed E-state index contributed by atoms with van der Waals surface area (Å²) in [6, 6.07) is 20.2. The average molecular weight is 416 g/mol. The molecule has 4 N–H and O–H groups in total. The number of nitriles is 1. The Morgan fingerprint density at radius 2 is 1.97 bits per heavy atom. The number of anilines is 1. The fourth-order valence-corrected chi connectivity index (χ4v) is 3.33. The van der Waals surface area contributed by atoms with Crippen LogP contribution in [0.4, 0.5) is 5.82 Å². The Morgan fingerprint density at radius 3 is 2.68 bits per heavy atom. The molecule has 3 rings (SSSR count). The van der Waals surface area contributed by atoms with E-state index in [1.165, 1.54) is 11.1 Å². The number of benzene rings is 2. The highest BCUT2D eigenvalue weighted by Crippen LogP contribution is 2.21. The van der Waals surface area contributed by atoms with Crippen molar-refractivity contribution in [2.24, 2.45) is 4.99 Å². The second-order valence-electron chi connectivity index (χ2n) is 7.28. The number of aromatic nitrogens is 2. The molecule has 0 atom stereocenters. The minimum absolute atomic E-state index is 0.379. The van der Waals surface area contributed by atoms with Gasteiger partial charge in [-0.25, -0.2) is 9.67 Å². The van der Waals surface area contributed by atoms with Gasteiger partial charge in [0.1, 0.15) is 17.5 Å². The van der Waals surface area contributed by atoms with Gasteiger partial charge in [0.25, 0.3) is 0 Å². The Balaban J connectivity index is 1.60. The highest BCUT2D eigenvalue weighted by molar-refractivity contribution is 5.79. The van der Waals surface area contributed by atoms with Crippen LogP contribution in [0.3, 0.4) is 0 Å². The molecule has 160 valence electrons. The van der Waals surface area contributed by atoms with Crippen molar-refractivity contribution in [2.75, 3.05) is 18.8 Å². The van der Waals surface area contributed by atoms with Crippen LogP contribution in [0.1, 0.15) is 35.7 Å². The summed E-state index contributed by atoms with van der Waals surface area (Å²) in [5.74, 6) is 1.16. The van der Waals surface area contributed by atoms with Gasteiger partial charge in [0.05, 0.1) is 17.9 Å². The number of aliphatic imine (C=N–C) groups is 1. The lowest BCUT2D eigenvalue weighted by Gasteiger charge is -2.11. The molecule has 0 bridgehead atoms. The molecule has 1 aromatic heterocycles. The zero-order chi connectivity index (χ0) is 22.1. The van der Waals surface area contributed by atoms with Crippen LogP contribution in [0.2, 0.25) is 0 Å². The van der Waals surface area contributed by atoms with Crippen molar-refractivity contribution in [3.63, 3.8) is 0 Å². The third kappa shape index (κ3) is 5.86. The molecule has 0 saturated carbocycles. The Hall–Kier alpha value is -3.79. The van der Waals surface area contributed by atoms with Crippen LogP contribution in [-0.4, -0.2) is 28.8 Å². The number of hydrogen-bond donors (Lipinski definition) is 3. The second kappa shape index (κ2) is 10.8. The summed E-state index contributed by atoms with van der Waals surface area (Å²) in [5, 5.41) is 20.8. The van der Waals surface area contributed by atoms with Crippen LogP contribution >= 0.6 is 0 Å². The lowest BCUT2D eigenvalue weighted by atomic mass is 10.1. The Labute approximate surface area is 183 Å². The van der Waals surface area contributed by atoms with Gasteiger partial charge in [-0.2, -0.15) is 10.4 Å². The van der Waals surface area contributed by atoms with Gasteiger partial charge in [-0.3, -0.25) is 0 Å². The summed E-state index contributed by atoms with van der Waals surface area (Å²) in [6.07, 6.45) is 1.45. The van der Waals surface area contributed by atoms with Crippen molar-refractivity contribution in [3.05, 3.63) is 77.0 Å². The molecule has 0 unspecified atom stereocenters. The van der Waals surface area contributed by atoms with Gasteiger partial charge in [-0.05, 0) is 44.4 Å². The van der Waals surface area contributed by atoms with Gasteiger partial charge in [0.15, 0.2) is 5.96 Å². The molecule has 0 spiro atoms. The fourth-order valence-electron chi connectivity index (χ4n) is 3.33. The number of para-hydroxylation sites is 1. The summed E-state index contributed by atoms with van der Waals surface area (Å²) in [6.45, 7) is 6.24. The number of nitrogens with two attached hydrogens (primary N) is 1. The number of nitrogens with zero attached hydrogens (tertiary/aromatic N) is 4. The summed E-state index contributed by atoms with van der Waals surface area (Å²) < 4.78 is 1.63. The molecule has 1 heterocycles. The molecule has 0 aliphatic carbocycles. The molecule has 7 nitrogen and oxygen atoms in total. The maximum atomic E-state index is 9.54. The van der Waals surface area contributed by atoms with Crippen LogP contribution < -0.4 is 16.4 Å². The average Bonchev–Trinajstić information content (AvgIpc) is 3.10. The lowest BCUT2D eigenvalue weighted by Crippen LogP contribution is -2.37. The van der Waals surface area contributed by atoms with Gasteiger partial charge < -0.3 is 16.4 Å². The largest absolute Gasteiger partial charge is 0.382 e. The zero-order valence-electron chi connectivity index (χ0n) is 18.1. The molecule has 2 aromatic carbocycles. The van der Waals surface area contributed by atoms with E-state index in [0.717, 1.165) is 24.6 Å². The van der Waals surface area contributed by atoms with Crippen molar-refractivity contribution in [2.45, 2.75) is 33.2 Å². The summed E-state index contributed by atoms with van der Waals surface area (Å²) >= 11 is 0. The monoisotopic (exact) mass is 415 g/mol. The number of aryl methyl sites for hydroxylation is 2. The van der Waals surface area contributed by atoms with Crippen molar-refractivity contribution in [1.29, 1.82) is 5.26 Å². The highest BCUT2D eigenvalue weighted by atomic mass is 15.3. The van der Waals surface area contributed by atoms with Gasteiger partial charge in [-0.1, -0.05) is 48.0 Å². The number of rotatable bonds is 8. The van der Waals surface area contributed by atoms with Crippen molar-refractivity contribution in [1.82, 2.24) is 20.4 Å². The SMILES string of the molecule is CCNC(=NCc1cccc(C)c1)NCCCc1nn(-c2ccccc2)c(N)c1C#N. The first-order valence-corrected chi connectivity index (χ1v) is 10.5. The molecule has 7 heteroatoms. The Morgan fingerprint density at radius 1 is 1.16 bits per heavy atom. The summed E-state index contributed by atoms with van der Waals surface area (Å²) in [7, 11) is 0. The number of nitrogens with one attached hydrogen (secondary N) is 2. The first-order chi connectivity index (χ1) is 15.1. The van der Waals surface area contributed by atoms with E-state index < -0.39 is 0 Å². The van der Waals surface area contributed by atoms with Crippen molar-refractivity contribution < 1.29 is 0 Å². The van der Waals surface area contributed by atoms with E-state index in [0.29, 0.717) is 36.6 Å². The predicted molar refractivity (Wildman–Crippen MR) is 125 cm³/mol. The summed E-state index contributed by atoms with van der Waals surface area (Å²) in [4.78, 5) is 4.66. The molecule has 0 aliphatic heterocycles. The van der Waals surface area contributed by atoms with Gasteiger partial charge in [-0.15, -0.1) is 0 Å². The van der Waals surface area contributed by atoms with E-state index in [1.54, 1.807) is 4.68 Å². The molecular formula is C24H29N7. The van der Waals surface area contributed by atoms with E-state index >= 15 is 0 Å². The Kier molecular flexibility index (Phi) is 7.66. The second-order valence-corrected chi connectivity index (χ2v) is 7.28. The van der Waals surface area contributed by atoms with Crippen LogP contribution in [0, 0.1) is 18.3 Å². The summed E-state index contributed by atoms with van der Waals surface area (Å²) in [5.41, 5.74) is 10.6. The van der Waals surface area contributed by atoms with Gasteiger partial charge >= 0.3 is 0 Å². The Bertz CT molecular complexity index is 1060. The molecule has 0 saturated heterocycles. The third-order valence-electron chi connectivity index (χ3n) is 4.84. The van der Waals surface area contributed by atoms with E-state index in [2.05, 4.69) is 51.9 Å². The molecule has 31 heavy (non-hydrogen) atoms. The van der Waals surface area contributed by atoms with Crippen LogP contribution in [-0.2, 0) is 13.0 Å². The minimum atomic E-state index is 0.379. The molecular weight excluding hydrogens is 386 g/mol. The number of guanidine groups is 1. The highest BCUT2D eigenvalue weighted by Gasteiger charge is 2.16. The molecule has 3 aromatic rings. The number of nitrogen functional groups attached to an aromatic ring is 1. The zero-order valence-corrected chi connectivity index (χ0v) is 18.1. The third-order valence-corrected chi connectivity index (χ3v) is 4.84. The van der Waals surface area contributed by atoms with Crippen LogP contribution in [0.5, 0.6) is 0 Å². The lowest BCUT2D eigenvalue weighted by molar-refractivity contribution is 0.723. The normalized spacial score (nSPS) is 11.2. The first-order valence-electron chi connectivity index (χ1n) is 10.5. The maximum Gasteiger partial charge on any atom is 0.191 e. The molecule has 0 aliphatic rings. The molecule has 0 fully saturated rings. The van der Waals surface area contributed by atoms with Gasteiger partial charge in [0, 0.05) is 13.1 Å². The smallest absolute Gasteiger partial charge is 0.191 e. The van der Waals surface area contributed by atoms with Crippen molar-refractivity contribution >= 4 is 11.8 Å². The van der Waals surface area contributed by atoms with Crippen LogP contribution in [0.15, 0.2) is 59.6 Å². The standard InChI is InChI=1S/C24H29N7/c1-3-27-24(29-17-19-10-7-9-18(2)15-19)28-14-8-13-22-21(16-25)23(26)31(30-22)20-11-5-4-6-12-20/h4-7,9-12,15H,3,8,13-14,17,26H2,1-2H3,(H2,27,28,29). The maximum absolute atomic E-state index is 9.54. The van der Waals surface area contributed by atoms with E-state index in [9.17, 15) is 5.26 Å². The quantitative estimate of drug-likeness (QED) is 0.297. The van der Waals surface area contributed by atoms with E-state index in [1.807, 2.05) is 43.3 Å². The predicted octanol–water partition coefficient (Wildman–Crippen LogP) is 3.32. The van der Waals surface area contributed by atoms with E-state index in [4.69, 9.17) is 5.73 Å². The van der Waals surface area contributed by atoms with Crippen LogP contribution in [0.25, 0.3) is 5.69 Å². The van der Waals surface area contributed by atoms with Gasteiger partial charge in [0.2, 0.25) is 0 Å². The fraction of sp³-hybridized carbons (Fsp3) is 0.292.